The van der Waals surface area contributed by atoms with Crippen LogP contribution in [0.15, 0.2) is 57.8 Å². The van der Waals surface area contributed by atoms with Gasteiger partial charge in [-0.15, -0.1) is 11.3 Å². The maximum Gasteiger partial charge on any atom is 0.243 e. The van der Waals surface area contributed by atoms with Gasteiger partial charge in [-0.1, -0.05) is 55.2 Å². The van der Waals surface area contributed by atoms with Crippen molar-refractivity contribution in [2.75, 3.05) is 18.5 Å². The smallest absolute Gasteiger partial charge is 0.243 e. The van der Waals surface area contributed by atoms with Gasteiger partial charge in [0.25, 0.3) is 0 Å². The zero-order chi connectivity index (χ0) is 21.7. The molecule has 0 spiro atoms. The van der Waals surface area contributed by atoms with E-state index in [1.165, 1.54) is 15.6 Å². The second kappa shape index (κ2) is 9.89. The summed E-state index contributed by atoms with van der Waals surface area (Å²) in [6.45, 7) is 4.48. The molecule has 0 fully saturated rings. The largest absolute Gasteiger partial charge is 0.253 e. The van der Waals surface area contributed by atoms with E-state index in [1.54, 1.807) is 42.6 Å². The Morgan fingerprint density at radius 1 is 1.17 bits per heavy atom. The molecule has 0 unspecified atom stereocenters. The van der Waals surface area contributed by atoms with Gasteiger partial charge < -0.3 is 0 Å². The molecule has 10 heteroatoms. The predicted molar refractivity (Wildman–Crippen MR) is 125 cm³/mol. The van der Waals surface area contributed by atoms with Gasteiger partial charge >= 0.3 is 0 Å². The van der Waals surface area contributed by atoms with Gasteiger partial charge in [-0.25, -0.2) is 13.4 Å². The molecule has 3 rings (SSSR count). The van der Waals surface area contributed by atoms with Crippen molar-refractivity contribution in [3.05, 3.63) is 63.5 Å². The minimum atomic E-state index is -3.53. The van der Waals surface area contributed by atoms with E-state index in [9.17, 15) is 8.42 Å². The molecule has 0 aliphatic carbocycles. The average molecular weight is 483 g/mol. The monoisotopic (exact) mass is 482 g/mol. The maximum absolute atomic E-state index is 12.8. The van der Waals surface area contributed by atoms with Gasteiger partial charge in [-0.05, 0) is 24.3 Å². The minimum absolute atomic E-state index is 0.251. The molecule has 0 saturated heterocycles. The van der Waals surface area contributed by atoms with Crippen molar-refractivity contribution in [2.24, 2.45) is 5.10 Å². The number of hydrazone groups is 1. The third kappa shape index (κ3) is 5.19. The fraction of sp³-hybridized carbons (Fsp3) is 0.200. The van der Waals surface area contributed by atoms with Crippen LogP contribution in [0.3, 0.4) is 0 Å². The summed E-state index contributed by atoms with van der Waals surface area (Å²) >= 11 is 13.4. The molecule has 2 aromatic carbocycles. The number of thiazole rings is 1. The number of anilines is 1. The number of aromatic nitrogens is 1. The first-order valence-electron chi connectivity index (χ1n) is 9.15. The topological polar surface area (TPSA) is 74.7 Å². The Bertz CT molecular complexity index is 1160. The lowest BCUT2D eigenvalue weighted by Crippen LogP contribution is -2.30. The van der Waals surface area contributed by atoms with Gasteiger partial charge in [0.2, 0.25) is 15.2 Å². The van der Waals surface area contributed by atoms with Crippen molar-refractivity contribution in [1.82, 2.24) is 9.29 Å². The zero-order valence-electron chi connectivity index (χ0n) is 16.3. The first kappa shape index (κ1) is 22.7. The molecule has 158 valence electrons. The molecule has 0 aliphatic rings. The van der Waals surface area contributed by atoms with Crippen LogP contribution in [0.1, 0.15) is 19.4 Å². The van der Waals surface area contributed by atoms with E-state index in [0.29, 0.717) is 34.0 Å². The van der Waals surface area contributed by atoms with E-state index in [-0.39, 0.29) is 4.90 Å². The van der Waals surface area contributed by atoms with Gasteiger partial charge in [0.15, 0.2) is 0 Å². The number of rotatable bonds is 8. The van der Waals surface area contributed by atoms with Crippen molar-refractivity contribution in [2.45, 2.75) is 18.7 Å². The second-order valence-electron chi connectivity index (χ2n) is 6.19. The van der Waals surface area contributed by atoms with E-state index in [4.69, 9.17) is 23.2 Å². The van der Waals surface area contributed by atoms with E-state index < -0.39 is 10.0 Å². The fourth-order valence-corrected chi connectivity index (χ4v) is 5.38. The highest BCUT2D eigenvalue weighted by Crippen LogP contribution is 2.28. The van der Waals surface area contributed by atoms with Crippen molar-refractivity contribution >= 4 is 55.9 Å². The first-order valence-corrected chi connectivity index (χ1v) is 12.2. The lowest BCUT2D eigenvalue weighted by Gasteiger charge is -2.18. The van der Waals surface area contributed by atoms with Gasteiger partial charge in [-0.3, -0.25) is 5.43 Å². The van der Waals surface area contributed by atoms with E-state index in [2.05, 4.69) is 15.5 Å². The summed E-state index contributed by atoms with van der Waals surface area (Å²) in [5.41, 5.74) is 4.97. The number of nitrogens with zero attached hydrogens (tertiary/aromatic N) is 3. The van der Waals surface area contributed by atoms with Gasteiger partial charge in [0.1, 0.15) is 0 Å². The Kier molecular flexibility index (Phi) is 7.49. The summed E-state index contributed by atoms with van der Waals surface area (Å²) in [4.78, 5) is 4.74. The summed E-state index contributed by atoms with van der Waals surface area (Å²) in [7, 11) is -3.53. The molecular formula is C20H20Cl2N4O2S2. The van der Waals surface area contributed by atoms with Crippen molar-refractivity contribution in [1.29, 1.82) is 0 Å². The molecule has 0 aliphatic heterocycles. The standard InChI is InChI=1S/C20H20Cl2N4O2S2/c1-3-26(4-2)30(27,28)17-7-5-6-14(10-17)19-13-29-20(24-19)25-23-12-15-8-9-16(21)11-18(15)22/h5-13H,3-4H2,1-2H3,(H,24,25). The van der Waals surface area contributed by atoms with Crippen LogP contribution in [0.2, 0.25) is 10.0 Å². The molecular weight excluding hydrogens is 463 g/mol. The number of hydrogen-bond donors (Lipinski definition) is 1. The Morgan fingerprint density at radius 3 is 2.63 bits per heavy atom. The molecule has 0 amide bonds. The number of hydrogen-bond acceptors (Lipinski definition) is 6. The highest BCUT2D eigenvalue weighted by Gasteiger charge is 2.22. The third-order valence-corrected chi connectivity index (χ3v) is 7.66. The first-order chi connectivity index (χ1) is 14.3. The second-order valence-corrected chi connectivity index (χ2v) is 9.83. The van der Waals surface area contributed by atoms with Gasteiger partial charge in [0.05, 0.1) is 21.8 Å². The minimum Gasteiger partial charge on any atom is -0.253 e. The molecule has 0 bridgehead atoms. The number of nitrogens with one attached hydrogen (secondary N) is 1. The van der Waals surface area contributed by atoms with Crippen molar-refractivity contribution < 1.29 is 8.42 Å². The summed E-state index contributed by atoms with van der Waals surface area (Å²) in [5, 5.41) is 7.63. The van der Waals surface area contributed by atoms with Crippen LogP contribution >= 0.6 is 34.5 Å². The summed E-state index contributed by atoms with van der Waals surface area (Å²) in [5.74, 6) is 0. The average Bonchev–Trinajstić information content (AvgIpc) is 3.19. The molecule has 1 heterocycles. The zero-order valence-corrected chi connectivity index (χ0v) is 19.5. The molecule has 0 saturated carbocycles. The lowest BCUT2D eigenvalue weighted by molar-refractivity contribution is 0.445. The van der Waals surface area contributed by atoms with Gasteiger partial charge in [-0.2, -0.15) is 9.41 Å². The summed E-state index contributed by atoms with van der Waals surface area (Å²) in [6.07, 6.45) is 1.58. The normalized spacial score (nSPS) is 12.0. The summed E-state index contributed by atoms with van der Waals surface area (Å²) in [6, 6.07) is 11.9. The van der Waals surface area contributed by atoms with Crippen LogP contribution in [0.5, 0.6) is 0 Å². The Hall–Kier alpha value is -1.97. The van der Waals surface area contributed by atoms with E-state index in [0.717, 1.165) is 11.1 Å². The third-order valence-electron chi connectivity index (χ3n) is 4.30. The lowest BCUT2D eigenvalue weighted by atomic mass is 10.2. The molecule has 0 radical (unpaired) electrons. The fourth-order valence-electron chi connectivity index (χ4n) is 2.75. The van der Waals surface area contributed by atoms with Crippen LogP contribution in [0.4, 0.5) is 5.13 Å². The van der Waals surface area contributed by atoms with Crippen molar-refractivity contribution in [3.8, 4) is 11.3 Å². The van der Waals surface area contributed by atoms with Crippen LogP contribution < -0.4 is 5.43 Å². The van der Waals surface area contributed by atoms with E-state index >= 15 is 0 Å². The van der Waals surface area contributed by atoms with Crippen LogP contribution in [-0.4, -0.2) is 37.0 Å². The number of benzene rings is 2. The number of sulfonamides is 1. The molecule has 1 N–H and O–H groups in total. The maximum atomic E-state index is 12.8. The highest BCUT2D eigenvalue weighted by molar-refractivity contribution is 7.89. The van der Waals surface area contributed by atoms with Crippen LogP contribution in [0.25, 0.3) is 11.3 Å². The van der Waals surface area contributed by atoms with Crippen molar-refractivity contribution in [3.63, 3.8) is 0 Å². The highest BCUT2D eigenvalue weighted by atomic mass is 35.5. The van der Waals surface area contributed by atoms with Crippen LogP contribution in [-0.2, 0) is 10.0 Å². The molecule has 3 aromatic rings. The molecule has 1 aromatic heterocycles. The van der Waals surface area contributed by atoms with Gasteiger partial charge in [0, 0.05) is 34.6 Å². The van der Waals surface area contributed by atoms with E-state index in [1.807, 2.05) is 25.3 Å². The SMILES string of the molecule is CCN(CC)S(=O)(=O)c1cccc(-c2csc(NN=Cc3ccc(Cl)cc3Cl)n2)c1. The number of halogens is 2. The Morgan fingerprint density at radius 2 is 1.93 bits per heavy atom. The predicted octanol–water partition coefficient (Wildman–Crippen LogP) is 5.59. The quantitative estimate of drug-likeness (QED) is 0.335. The molecule has 0 atom stereocenters. The summed E-state index contributed by atoms with van der Waals surface area (Å²) < 4.78 is 27.0. The molecule has 6 nitrogen and oxygen atoms in total. The Balaban J connectivity index is 1.77. The Labute approximate surface area is 190 Å². The van der Waals surface area contributed by atoms with Crippen LogP contribution in [0, 0.1) is 0 Å². The molecule has 30 heavy (non-hydrogen) atoms.